The number of nitro benzene ring substituents is 1. The van der Waals surface area contributed by atoms with E-state index in [9.17, 15) is 14.9 Å². The van der Waals surface area contributed by atoms with E-state index in [2.05, 4.69) is 15.5 Å². The third-order valence-electron chi connectivity index (χ3n) is 3.50. The third-order valence-corrected chi connectivity index (χ3v) is 3.81. The molecule has 1 N–H and O–H groups in total. The van der Waals surface area contributed by atoms with Crippen LogP contribution in [0.2, 0.25) is 5.02 Å². The van der Waals surface area contributed by atoms with Gasteiger partial charge in [-0.25, -0.2) is 0 Å². The molecule has 0 bridgehead atoms. The summed E-state index contributed by atoms with van der Waals surface area (Å²) >= 11 is 5.92. The monoisotopic (exact) mass is 321 g/mol. The first-order chi connectivity index (χ1) is 10.6. The number of carbonyl (C=O) groups is 1. The maximum atomic E-state index is 12.1. The number of nitrogens with one attached hydrogen (secondary N) is 1. The van der Waals surface area contributed by atoms with Crippen LogP contribution in [0.15, 0.2) is 18.2 Å². The average Bonchev–Trinajstić information content (AvgIpc) is 3.08. The Labute approximate surface area is 130 Å². The molecule has 1 aliphatic heterocycles. The molecule has 2 aromatic rings. The normalized spacial score (nSPS) is 13.0. The number of hydrogen-bond acceptors (Lipinski definition) is 5. The van der Waals surface area contributed by atoms with Crippen LogP contribution in [0.3, 0.4) is 0 Å². The van der Waals surface area contributed by atoms with Gasteiger partial charge in [0.2, 0.25) is 0 Å². The summed E-state index contributed by atoms with van der Waals surface area (Å²) in [6, 6.07) is 3.74. The number of fused-ring (bicyclic) bond motifs is 1. The van der Waals surface area contributed by atoms with E-state index in [0.29, 0.717) is 5.82 Å². The Morgan fingerprint density at radius 1 is 1.45 bits per heavy atom. The molecule has 0 radical (unpaired) electrons. The van der Waals surface area contributed by atoms with Gasteiger partial charge in [0.1, 0.15) is 5.82 Å². The van der Waals surface area contributed by atoms with Gasteiger partial charge in [-0.05, 0) is 12.5 Å². The number of aryl methyl sites for hydroxylation is 1. The zero-order chi connectivity index (χ0) is 15.7. The van der Waals surface area contributed by atoms with Gasteiger partial charge in [0.05, 0.1) is 22.1 Å². The zero-order valence-corrected chi connectivity index (χ0v) is 12.2. The van der Waals surface area contributed by atoms with Crippen LogP contribution >= 0.6 is 11.6 Å². The fraction of sp³-hybridized carbons (Fsp3) is 0.308. The number of nitro groups is 1. The van der Waals surface area contributed by atoms with Crippen LogP contribution in [0, 0.1) is 10.1 Å². The predicted octanol–water partition coefficient (Wildman–Crippen LogP) is 1.72. The second-order valence-electron chi connectivity index (χ2n) is 4.89. The number of amides is 1. The predicted molar refractivity (Wildman–Crippen MR) is 77.6 cm³/mol. The van der Waals surface area contributed by atoms with Crippen LogP contribution in [0.4, 0.5) is 5.69 Å². The number of carbonyl (C=O) groups excluding carboxylic acids is 1. The van der Waals surface area contributed by atoms with Crippen molar-refractivity contribution in [2.24, 2.45) is 0 Å². The third kappa shape index (κ3) is 2.64. The summed E-state index contributed by atoms with van der Waals surface area (Å²) in [6.45, 7) is 1.09. The summed E-state index contributed by atoms with van der Waals surface area (Å²) in [5, 5.41) is 21.5. The first-order valence-corrected chi connectivity index (χ1v) is 7.07. The fourth-order valence-electron chi connectivity index (χ4n) is 2.40. The van der Waals surface area contributed by atoms with Gasteiger partial charge < -0.3 is 9.88 Å². The molecule has 1 aromatic heterocycles. The molecule has 0 spiro atoms. The van der Waals surface area contributed by atoms with Gasteiger partial charge in [-0.3, -0.25) is 14.9 Å². The van der Waals surface area contributed by atoms with Gasteiger partial charge in [0, 0.05) is 25.1 Å². The Hall–Kier alpha value is -2.48. The largest absolute Gasteiger partial charge is 0.345 e. The van der Waals surface area contributed by atoms with Gasteiger partial charge in [0.15, 0.2) is 5.82 Å². The highest BCUT2D eigenvalue weighted by Crippen LogP contribution is 2.22. The maximum absolute atomic E-state index is 12.1. The summed E-state index contributed by atoms with van der Waals surface area (Å²) in [7, 11) is 0. The van der Waals surface area contributed by atoms with Gasteiger partial charge in [-0.15, -0.1) is 10.2 Å². The summed E-state index contributed by atoms with van der Waals surface area (Å²) in [6.07, 6.45) is 1.93. The minimum atomic E-state index is -0.562. The molecule has 1 aromatic carbocycles. The standard InChI is InChI=1S/C13H12ClN5O3/c14-10-6-8(19(21)22)3-4-9(10)13(20)15-7-12-17-16-11-2-1-5-18(11)12/h3-4,6H,1-2,5,7H2,(H,15,20). The topological polar surface area (TPSA) is 103 Å². The molecule has 0 unspecified atom stereocenters. The zero-order valence-electron chi connectivity index (χ0n) is 11.5. The van der Waals surface area contributed by atoms with E-state index in [-0.39, 0.29) is 22.8 Å². The van der Waals surface area contributed by atoms with Gasteiger partial charge in [-0.1, -0.05) is 11.6 Å². The lowest BCUT2D eigenvalue weighted by molar-refractivity contribution is -0.384. The van der Waals surface area contributed by atoms with Crippen LogP contribution in [0.5, 0.6) is 0 Å². The Balaban J connectivity index is 1.70. The number of halogens is 1. The van der Waals surface area contributed by atoms with E-state index >= 15 is 0 Å². The van der Waals surface area contributed by atoms with Crippen molar-refractivity contribution in [3.63, 3.8) is 0 Å². The van der Waals surface area contributed by atoms with Crippen molar-refractivity contribution in [1.29, 1.82) is 0 Å². The lowest BCUT2D eigenvalue weighted by atomic mass is 10.2. The number of aromatic nitrogens is 3. The van der Waals surface area contributed by atoms with Crippen LogP contribution in [-0.4, -0.2) is 25.6 Å². The van der Waals surface area contributed by atoms with Crippen LogP contribution in [0.1, 0.15) is 28.4 Å². The minimum Gasteiger partial charge on any atom is -0.345 e. The fourth-order valence-corrected chi connectivity index (χ4v) is 2.66. The maximum Gasteiger partial charge on any atom is 0.270 e. The number of hydrogen-bond donors (Lipinski definition) is 1. The van der Waals surface area contributed by atoms with E-state index in [1.165, 1.54) is 12.1 Å². The molecule has 1 amide bonds. The van der Waals surface area contributed by atoms with Crippen LogP contribution in [0.25, 0.3) is 0 Å². The Kier molecular flexibility index (Phi) is 3.76. The molecular formula is C13H12ClN5O3. The second kappa shape index (κ2) is 5.72. The van der Waals surface area contributed by atoms with Gasteiger partial charge >= 0.3 is 0 Å². The summed E-state index contributed by atoms with van der Waals surface area (Å²) in [5.74, 6) is 1.21. The van der Waals surface area contributed by atoms with Crippen molar-refractivity contribution in [2.45, 2.75) is 25.9 Å². The summed E-state index contributed by atoms with van der Waals surface area (Å²) in [4.78, 5) is 22.2. The molecule has 0 saturated heterocycles. The highest BCUT2D eigenvalue weighted by Gasteiger charge is 2.19. The van der Waals surface area contributed by atoms with Crippen molar-refractivity contribution in [3.05, 3.63) is 50.5 Å². The van der Waals surface area contributed by atoms with E-state index in [1.807, 2.05) is 4.57 Å². The van der Waals surface area contributed by atoms with Gasteiger partial charge in [-0.2, -0.15) is 0 Å². The number of benzene rings is 1. The molecule has 114 valence electrons. The molecule has 0 fully saturated rings. The molecule has 0 aliphatic carbocycles. The number of rotatable bonds is 4. The molecule has 1 aliphatic rings. The summed E-state index contributed by atoms with van der Waals surface area (Å²) in [5.41, 5.74) is 0.0326. The molecular weight excluding hydrogens is 310 g/mol. The Morgan fingerprint density at radius 2 is 2.27 bits per heavy atom. The van der Waals surface area contributed by atoms with E-state index in [1.54, 1.807) is 0 Å². The highest BCUT2D eigenvalue weighted by molar-refractivity contribution is 6.34. The molecule has 8 nitrogen and oxygen atoms in total. The SMILES string of the molecule is O=C(NCc1nnc2n1CCC2)c1ccc([N+](=O)[O-])cc1Cl. The molecule has 2 heterocycles. The molecule has 3 rings (SSSR count). The number of nitrogens with zero attached hydrogens (tertiary/aromatic N) is 4. The van der Waals surface area contributed by atoms with Gasteiger partial charge in [0.25, 0.3) is 11.6 Å². The smallest absolute Gasteiger partial charge is 0.270 e. The summed E-state index contributed by atoms with van der Waals surface area (Å²) < 4.78 is 1.98. The Morgan fingerprint density at radius 3 is 3.00 bits per heavy atom. The van der Waals surface area contributed by atoms with Crippen LogP contribution < -0.4 is 5.32 Å². The van der Waals surface area contributed by atoms with Crippen molar-refractivity contribution in [3.8, 4) is 0 Å². The average molecular weight is 322 g/mol. The Bertz CT molecular complexity index is 758. The molecule has 0 saturated carbocycles. The van der Waals surface area contributed by atoms with Crippen molar-refractivity contribution in [1.82, 2.24) is 20.1 Å². The highest BCUT2D eigenvalue weighted by atomic mass is 35.5. The first kappa shape index (κ1) is 14.5. The molecule has 9 heteroatoms. The van der Waals surface area contributed by atoms with Crippen LogP contribution in [-0.2, 0) is 19.5 Å². The van der Waals surface area contributed by atoms with E-state index in [4.69, 9.17) is 11.6 Å². The second-order valence-corrected chi connectivity index (χ2v) is 5.30. The molecule has 22 heavy (non-hydrogen) atoms. The lowest BCUT2D eigenvalue weighted by Gasteiger charge is -2.07. The number of non-ortho nitro benzene ring substituents is 1. The minimum absolute atomic E-state index is 0.0400. The van der Waals surface area contributed by atoms with Crippen molar-refractivity contribution < 1.29 is 9.72 Å². The first-order valence-electron chi connectivity index (χ1n) is 6.69. The van der Waals surface area contributed by atoms with E-state index in [0.717, 1.165) is 31.3 Å². The lowest BCUT2D eigenvalue weighted by Crippen LogP contribution is -2.25. The van der Waals surface area contributed by atoms with E-state index < -0.39 is 10.8 Å². The van der Waals surface area contributed by atoms with Crippen molar-refractivity contribution in [2.75, 3.05) is 0 Å². The molecule has 0 atom stereocenters. The quantitative estimate of drug-likeness (QED) is 0.682. The van der Waals surface area contributed by atoms with Crippen molar-refractivity contribution >= 4 is 23.2 Å².